The second-order valence-electron chi connectivity index (χ2n) is 7.64. The molecule has 1 aliphatic carbocycles. The quantitative estimate of drug-likeness (QED) is 0.727. The lowest BCUT2D eigenvalue weighted by Gasteiger charge is -2.37. The predicted octanol–water partition coefficient (Wildman–Crippen LogP) is 4.38. The molecule has 0 saturated carbocycles. The number of hydrogen-bond donors (Lipinski definition) is 2. The number of Topliss-reactive ketones (excluding diaryl/α,β-unsaturated/α-hetero) is 1. The van der Waals surface area contributed by atoms with Crippen molar-refractivity contribution in [2.24, 2.45) is 11.1 Å². The van der Waals surface area contributed by atoms with Crippen molar-refractivity contribution >= 4 is 32.6 Å². The van der Waals surface area contributed by atoms with Gasteiger partial charge in [-0.3, -0.25) is 4.79 Å². The normalized spacial score (nSPS) is 22.2. The zero-order valence-corrected chi connectivity index (χ0v) is 16.1. The standard InChI is InChI=1S/C20H18BrN3O2/c1-20(2)6-15(25)18-16(7-20)26-19(23)12(8-22)17(18)13-9-24-14-4-3-10(21)5-11(13)14/h3-5,9,17,24H,6-7,23H2,1-2H3. The zero-order valence-electron chi connectivity index (χ0n) is 14.5. The molecule has 0 fully saturated rings. The lowest BCUT2D eigenvalue weighted by molar-refractivity contribution is -0.119. The molecule has 1 aromatic heterocycles. The molecule has 1 aliphatic heterocycles. The second kappa shape index (κ2) is 5.75. The Morgan fingerprint density at radius 3 is 2.88 bits per heavy atom. The first kappa shape index (κ1) is 16.9. The molecule has 1 aromatic carbocycles. The minimum atomic E-state index is -0.504. The summed E-state index contributed by atoms with van der Waals surface area (Å²) in [6.07, 6.45) is 2.90. The van der Waals surface area contributed by atoms with Gasteiger partial charge in [0, 0.05) is 40.0 Å². The van der Waals surface area contributed by atoms with Crippen LogP contribution >= 0.6 is 15.9 Å². The molecular formula is C20H18BrN3O2. The monoisotopic (exact) mass is 411 g/mol. The van der Waals surface area contributed by atoms with E-state index in [0.29, 0.717) is 24.2 Å². The molecule has 2 aromatic rings. The topological polar surface area (TPSA) is 91.9 Å². The summed E-state index contributed by atoms with van der Waals surface area (Å²) >= 11 is 3.50. The maximum atomic E-state index is 13.0. The van der Waals surface area contributed by atoms with Gasteiger partial charge in [-0.05, 0) is 29.2 Å². The van der Waals surface area contributed by atoms with Crippen LogP contribution in [0.2, 0.25) is 0 Å². The van der Waals surface area contributed by atoms with E-state index in [2.05, 4.69) is 27.0 Å². The van der Waals surface area contributed by atoms with Crippen molar-refractivity contribution < 1.29 is 9.53 Å². The molecule has 1 atom stereocenters. The third-order valence-corrected chi connectivity index (χ3v) is 5.56. The number of rotatable bonds is 1. The number of carbonyl (C=O) groups is 1. The molecule has 1 unspecified atom stereocenters. The summed E-state index contributed by atoms with van der Waals surface area (Å²) in [5.74, 6) is 0.199. The van der Waals surface area contributed by atoms with Gasteiger partial charge in [-0.1, -0.05) is 29.8 Å². The summed E-state index contributed by atoms with van der Waals surface area (Å²) in [5.41, 5.74) is 8.55. The van der Waals surface area contributed by atoms with Crippen molar-refractivity contribution in [2.75, 3.05) is 0 Å². The first-order chi connectivity index (χ1) is 12.3. The number of nitrogens with two attached hydrogens (primary N) is 1. The average molecular weight is 412 g/mol. The molecule has 2 heterocycles. The van der Waals surface area contributed by atoms with E-state index in [9.17, 15) is 10.1 Å². The Kier molecular flexibility index (Phi) is 3.74. The van der Waals surface area contributed by atoms with E-state index in [1.54, 1.807) is 0 Å². The molecule has 0 spiro atoms. The third-order valence-electron chi connectivity index (χ3n) is 5.06. The van der Waals surface area contributed by atoms with Crippen LogP contribution in [0, 0.1) is 16.7 Å². The number of nitrogens with zero attached hydrogens (tertiary/aromatic N) is 1. The van der Waals surface area contributed by atoms with Crippen LogP contribution in [0.5, 0.6) is 0 Å². The maximum absolute atomic E-state index is 13.0. The number of halogens is 1. The van der Waals surface area contributed by atoms with E-state index in [0.717, 1.165) is 20.9 Å². The van der Waals surface area contributed by atoms with Gasteiger partial charge in [0.2, 0.25) is 5.88 Å². The Morgan fingerprint density at radius 1 is 1.38 bits per heavy atom. The average Bonchev–Trinajstić information content (AvgIpc) is 2.95. The zero-order chi connectivity index (χ0) is 18.6. The number of nitriles is 1. The van der Waals surface area contributed by atoms with Gasteiger partial charge in [-0.2, -0.15) is 5.26 Å². The van der Waals surface area contributed by atoms with Crippen LogP contribution in [0.1, 0.15) is 38.2 Å². The van der Waals surface area contributed by atoms with Crippen molar-refractivity contribution in [3.05, 3.63) is 57.2 Å². The minimum absolute atomic E-state index is 0.0193. The van der Waals surface area contributed by atoms with Crippen LogP contribution in [0.15, 0.2) is 51.7 Å². The van der Waals surface area contributed by atoms with E-state index in [1.165, 1.54) is 0 Å². The number of benzene rings is 1. The Balaban J connectivity index is 1.97. The van der Waals surface area contributed by atoms with Gasteiger partial charge in [-0.15, -0.1) is 0 Å². The third kappa shape index (κ3) is 2.55. The number of hydrogen-bond acceptors (Lipinski definition) is 4. The van der Waals surface area contributed by atoms with Crippen molar-refractivity contribution in [3.63, 3.8) is 0 Å². The molecule has 5 nitrogen and oxygen atoms in total. The number of aromatic nitrogens is 1. The van der Waals surface area contributed by atoms with Crippen molar-refractivity contribution in [1.82, 2.24) is 4.98 Å². The van der Waals surface area contributed by atoms with Gasteiger partial charge in [-0.25, -0.2) is 0 Å². The van der Waals surface area contributed by atoms with Crippen LogP contribution in [0.25, 0.3) is 10.9 Å². The van der Waals surface area contributed by atoms with Gasteiger partial charge in [0.1, 0.15) is 17.4 Å². The lowest BCUT2D eigenvalue weighted by atomic mass is 9.70. The van der Waals surface area contributed by atoms with Crippen LogP contribution in [-0.2, 0) is 9.53 Å². The number of fused-ring (bicyclic) bond motifs is 1. The molecule has 2 aliphatic rings. The summed E-state index contributed by atoms with van der Waals surface area (Å²) in [7, 11) is 0. The number of ketones is 1. The van der Waals surface area contributed by atoms with Crippen LogP contribution in [0.4, 0.5) is 0 Å². The molecule has 0 radical (unpaired) electrons. The van der Waals surface area contributed by atoms with Crippen molar-refractivity contribution in [3.8, 4) is 6.07 Å². The van der Waals surface area contributed by atoms with Gasteiger partial charge < -0.3 is 15.5 Å². The van der Waals surface area contributed by atoms with Crippen LogP contribution in [-0.4, -0.2) is 10.8 Å². The van der Waals surface area contributed by atoms with E-state index in [-0.39, 0.29) is 22.7 Å². The number of aromatic amines is 1. The first-order valence-electron chi connectivity index (χ1n) is 8.41. The molecule has 26 heavy (non-hydrogen) atoms. The number of ether oxygens (including phenoxy) is 1. The summed E-state index contributed by atoms with van der Waals surface area (Å²) in [6.45, 7) is 4.07. The summed E-state index contributed by atoms with van der Waals surface area (Å²) in [4.78, 5) is 16.2. The Bertz CT molecular complexity index is 1050. The van der Waals surface area contributed by atoms with Crippen LogP contribution in [0.3, 0.4) is 0 Å². The molecule has 0 saturated heterocycles. The molecular weight excluding hydrogens is 394 g/mol. The van der Waals surface area contributed by atoms with Gasteiger partial charge >= 0.3 is 0 Å². The summed E-state index contributed by atoms with van der Waals surface area (Å²) in [5, 5.41) is 10.7. The van der Waals surface area contributed by atoms with E-state index in [1.807, 2.05) is 38.2 Å². The Morgan fingerprint density at radius 2 is 2.15 bits per heavy atom. The fourth-order valence-electron chi connectivity index (χ4n) is 3.95. The molecule has 6 heteroatoms. The fraction of sp³-hybridized carbons (Fsp3) is 0.300. The number of nitrogens with one attached hydrogen (secondary N) is 1. The number of allylic oxidation sites excluding steroid dienone is 3. The van der Waals surface area contributed by atoms with E-state index in [4.69, 9.17) is 10.5 Å². The molecule has 3 N–H and O–H groups in total. The molecule has 0 bridgehead atoms. The highest BCUT2D eigenvalue weighted by Gasteiger charge is 2.43. The lowest BCUT2D eigenvalue weighted by Crippen LogP contribution is -2.33. The molecule has 0 amide bonds. The minimum Gasteiger partial charge on any atom is -0.444 e. The highest BCUT2D eigenvalue weighted by Crippen LogP contribution is 2.49. The summed E-state index contributed by atoms with van der Waals surface area (Å²) in [6, 6.07) is 8.05. The smallest absolute Gasteiger partial charge is 0.205 e. The Hall–Kier alpha value is -2.52. The molecule has 132 valence electrons. The van der Waals surface area contributed by atoms with E-state index >= 15 is 0 Å². The highest BCUT2D eigenvalue weighted by molar-refractivity contribution is 9.10. The van der Waals surface area contributed by atoms with E-state index < -0.39 is 5.92 Å². The van der Waals surface area contributed by atoms with Crippen molar-refractivity contribution in [1.29, 1.82) is 5.26 Å². The molecule has 4 rings (SSSR count). The fourth-order valence-corrected chi connectivity index (χ4v) is 4.31. The second-order valence-corrected chi connectivity index (χ2v) is 8.55. The maximum Gasteiger partial charge on any atom is 0.205 e. The van der Waals surface area contributed by atoms with Gasteiger partial charge in [0.15, 0.2) is 5.78 Å². The Labute approximate surface area is 159 Å². The summed E-state index contributed by atoms with van der Waals surface area (Å²) < 4.78 is 6.67. The predicted molar refractivity (Wildman–Crippen MR) is 102 cm³/mol. The first-order valence-corrected chi connectivity index (χ1v) is 9.20. The SMILES string of the molecule is CC1(C)CC(=O)C2=C(C1)OC(N)=C(C#N)C2c1c[nH]c2ccc(Br)cc12. The van der Waals surface area contributed by atoms with Gasteiger partial charge in [0.25, 0.3) is 0 Å². The highest BCUT2D eigenvalue weighted by atomic mass is 79.9. The largest absolute Gasteiger partial charge is 0.444 e. The van der Waals surface area contributed by atoms with Crippen LogP contribution < -0.4 is 5.73 Å². The number of H-pyrrole nitrogens is 1. The van der Waals surface area contributed by atoms with Crippen molar-refractivity contribution in [2.45, 2.75) is 32.6 Å². The number of carbonyl (C=O) groups excluding carboxylic acids is 1. The van der Waals surface area contributed by atoms with Gasteiger partial charge in [0.05, 0.1) is 5.92 Å².